The number of aromatic amines is 1. The molecule has 0 aliphatic carbocycles. The van der Waals surface area contributed by atoms with Gasteiger partial charge in [-0.05, 0) is 35.4 Å². The summed E-state index contributed by atoms with van der Waals surface area (Å²) < 4.78 is 67.6. The van der Waals surface area contributed by atoms with Crippen LogP contribution in [0.4, 0.5) is 0 Å². The maximum Gasteiger partial charge on any atom is 0.294 e. The van der Waals surface area contributed by atoms with Crippen molar-refractivity contribution >= 4 is 49.7 Å². The minimum atomic E-state index is -4.68. The lowest BCUT2D eigenvalue weighted by atomic mass is 10.1. The van der Waals surface area contributed by atoms with Gasteiger partial charge in [-0.2, -0.15) is 21.9 Å². The average molecular weight is 719 g/mol. The normalized spacial score (nSPS) is 14.4. The van der Waals surface area contributed by atoms with Gasteiger partial charge in [0, 0.05) is 13.1 Å². The first kappa shape index (κ1) is 36.6. The number of aromatic nitrogens is 2. The molecule has 0 bridgehead atoms. The van der Waals surface area contributed by atoms with Gasteiger partial charge in [-0.25, -0.2) is 9.69 Å². The molecule has 0 saturated carbocycles. The van der Waals surface area contributed by atoms with Gasteiger partial charge in [0.2, 0.25) is 0 Å². The van der Waals surface area contributed by atoms with Crippen LogP contribution < -0.4 is 16.2 Å². The van der Waals surface area contributed by atoms with Gasteiger partial charge in [0.1, 0.15) is 5.69 Å². The van der Waals surface area contributed by atoms with Gasteiger partial charge in [-0.1, -0.05) is 42.5 Å². The molecular weight excluding hydrogens is 688 g/mol. The maximum absolute atomic E-state index is 13.4. The van der Waals surface area contributed by atoms with Gasteiger partial charge in [0.25, 0.3) is 43.5 Å². The van der Waals surface area contributed by atoms with E-state index in [-0.39, 0.29) is 41.0 Å². The third-order valence-corrected chi connectivity index (χ3v) is 8.75. The summed E-state index contributed by atoms with van der Waals surface area (Å²) in [4.78, 5) is 51.7. The molecule has 3 aromatic rings. The second-order valence-corrected chi connectivity index (χ2v) is 12.9. The first-order valence-electron chi connectivity index (χ1n) is 14.2. The number of aliphatic hydroxyl groups excluding tert-OH is 2. The molecule has 0 fully saturated rings. The molecule has 2 heterocycles. The van der Waals surface area contributed by atoms with Crippen molar-refractivity contribution in [3.63, 3.8) is 0 Å². The van der Waals surface area contributed by atoms with Crippen molar-refractivity contribution in [3.05, 3.63) is 99.0 Å². The molecule has 1 aromatic heterocycles. The molecule has 0 spiro atoms. The Balaban J connectivity index is 1.74. The summed E-state index contributed by atoms with van der Waals surface area (Å²) in [7, 11) is -9.36. The zero-order valence-corrected chi connectivity index (χ0v) is 26.9. The Bertz CT molecular complexity index is 2150. The van der Waals surface area contributed by atoms with Crippen molar-refractivity contribution in [2.75, 3.05) is 26.3 Å². The summed E-state index contributed by atoms with van der Waals surface area (Å²) in [6, 6.07) is 10.6. The van der Waals surface area contributed by atoms with Crippen molar-refractivity contribution in [2.24, 2.45) is 5.10 Å². The van der Waals surface area contributed by atoms with Crippen LogP contribution in [0.25, 0.3) is 6.08 Å². The van der Waals surface area contributed by atoms with Gasteiger partial charge in [0.15, 0.2) is 5.71 Å². The van der Waals surface area contributed by atoms with Crippen molar-refractivity contribution in [1.29, 1.82) is 0 Å². The largest absolute Gasteiger partial charge is 0.395 e. The molecule has 3 amide bonds. The number of H-pyrrole nitrogens is 1. The highest BCUT2D eigenvalue weighted by molar-refractivity contribution is 7.86. The molecule has 0 radical (unpaired) electrons. The number of hydrogen-bond donors (Lipinski definition) is 7. The van der Waals surface area contributed by atoms with E-state index >= 15 is 0 Å². The van der Waals surface area contributed by atoms with Crippen LogP contribution in [0.1, 0.15) is 27.2 Å². The molecule has 4 rings (SSSR count). The summed E-state index contributed by atoms with van der Waals surface area (Å²) in [6.45, 7) is -2.15. The van der Waals surface area contributed by atoms with Crippen LogP contribution in [0.3, 0.4) is 0 Å². The Labute approximate surface area is 278 Å². The van der Waals surface area contributed by atoms with E-state index in [0.717, 1.165) is 40.1 Å². The molecule has 7 N–H and O–H groups in total. The van der Waals surface area contributed by atoms with E-state index in [1.807, 2.05) is 0 Å². The van der Waals surface area contributed by atoms with Crippen molar-refractivity contribution in [3.8, 4) is 0 Å². The SMILES string of the molecule is O=C(NCCO)C1=NN(Cc2ccccc2S(=O)(=O)O)C(=O)C1=CC=Cc1c(C(=O)NCCO)[nH]n(Cc2ccccc2S(=O)(=O)O)c1=O. The molecule has 1 aliphatic rings. The third-order valence-electron chi connectivity index (χ3n) is 6.84. The van der Waals surface area contributed by atoms with E-state index in [4.69, 9.17) is 10.2 Å². The van der Waals surface area contributed by atoms with Gasteiger partial charge >= 0.3 is 0 Å². The monoisotopic (exact) mass is 718 g/mol. The molecule has 0 unspecified atom stereocenters. The Hall–Kier alpha value is -5.25. The summed E-state index contributed by atoms with van der Waals surface area (Å²) in [5.74, 6) is -2.58. The predicted octanol–water partition coefficient (Wildman–Crippen LogP) is -1.11. The standard InChI is InChI=1S/C29H30N6O12S2/c36-14-12-30-26(38)24-20(28(40)34(32-24)16-18-6-1-3-10-22(18)48(42,43)44)8-5-9-21-25(27(39)31-13-15-37)33-35(29(21)41)17-19-7-2-4-11-23(19)49(45,46)47/h1-11,32,36-37H,12-17H2,(H,30,38)(H,31,39)(H,42,43,44)(H,45,46,47). The Kier molecular flexibility index (Phi) is 11.4. The lowest BCUT2D eigenvalue weighted by Crippen LogP contribution is -2.33. The molecular formula is C29H30N6O12S2. The number of aliphatic hydroxyl groups is 2. The Morgan fingerprint density at radius 1 is 0.816 bits per heavy atom. The highest BCUT2D eigenvalue weighted by Crippen LogP contribution is 2.23. The number of hydrogen-bond acceptors (Lipinski definition) is 11. The number of benzene rings is 2. The second-order valence-electron chi connectivity index (χ2n) is 10.2. The lowest BCUT2D eigenvalue weighted by molar-refractivity contribution is -0.126. The van der Waals surface area contributed by atoms with Crippen LogP contribution in [0, 0.1) is 0 Å². The fourth-order valence-corrected chi connectivity index (χ4v) is 6.11. The first-order valence-corrected chi connectivity index (χ1v) is 17.1. The van der Waals surface area contributed by atoms with Crippen LogP contribution in [0.15, 0.2) is 85.9 Å². The second kappa shape index (κ2) is 15.3. The Morgan fingerprint density at radius 3 is 1.90 bits per heavy atom. The number of amides is 3. The molecule has 0 saturated heterocycles. The smallest absolute Gasteiger partial charge is 0.294 e. The predicted molar refractivity (Wildman–Crippen MR) is 171 cm³/mol. The van der Waals surface area contributed by atoms with Gasteiger partial charge in [0.05, 0.1) is 47.2 Å². The number of carbonyl (C=O) groups excluding carboxylic acids is 3. The molecule has 49 heavy (non-hydrogen) atoms. The molecule has 20 heteroatoms. The average Bonchev–Trinajstić information content (AvgIpc) is 3.53. The Morgan fingerprint density at radius 2 is 1.35 bits per heavy atom. The van der Waals surface area contributed by atoms with Crippen LogP contribution in [-0.2, 0) is 42.9 Å². The van der Waals surface area contributed by atoms with Crippen LogP contribution in [-0.4, -0.2) is 101 Å². The first-order chi connectivity index (χ1) is 23.2. The molecule has 1 aliphatic heterocycles. The zero-order valence-electron chi connectivity index (χ0n) is 25.3. The van der Waals surface area contributed by atoms with E-state index in [1.54, 1.807) is 0 Å². The van der Waals surface area contributed by atoms with Crippen molar-refractivity contribution in [1.82, 2.24) is 25.4 Å². The number of allylic oxidation sites excluding steroid dienone is 2. The van der Waals surface area contributed by atoms with Gasteiger partial charge in [-0.15, -0.1) is 0 Å². The number of hydrazone groups is 1. The van der Waals surface area contributed by atoms with Crippen LogP contribution in [0.2, 0.25) is 0 Å². The number of carbonyl (C=O) groups is 3. The fraction of sp³-hybridized carbons (Fsp3) is 0.207. The highest BCUT2D eigenvalue weighted by atomic mass is 32.2. The van der Waals surface area contributed by atoms with E-state index in [0.29, 0.717) is 0 Å². The number of rotatable bonds is 14. The summed E-state index contributed by atoms with van der Waals surface area (Å²) >= 11 is 0. The summed E-state index contributed by atoms with van der Waals surface area (Å²) in [5, 5.41) is 30.4. The zero-order chi connectivity index (χ0) is 35.9. The van der Waals surface area contributed by atoms with Crippen molar-refractivity contribution < 1.29 is 50.5 Å². The number of nitrogens with one attached hydrogen (secondary N) is 3. The lowest BCUT2D eigenvalue weighted by Gasteiger charge is -2.13. The number of nitrogens with zero attached hydrogens (tertiary/aromatic N) is 3. The van der Waals surface area contributed by atoms with E-state index < -0.39 is 85.3 Å². The summed E-state index contributed by atoms with van der Waals surface area (Å²) in [5.41, 5.74) is -2.17. The molecule has 260 valence electrons. The van der Waals surface area contributed by atoms with E-state index in [1.165, 1.54) is 36.4 Å². The minimum absolute atomic E-state index is 0.00951. The summed E-state index contributed by atoms with van der Waals surface area (Å²) in [6.07, 6.45) is 3.38. The van der Waals surface area contributed by atoms with Crippen molar-refractivity contribution in [2.45, 2.75) is 22.9 Å². The van der Waals surface area contributed by atoms with E-state index in [9.17, 15) is 45.1 Å². The highest BCUT2D eigenvalue weighted by Gasteiger charge is 2.34. The maximum atomic E-state index is 13.4. The van der Waals surface area contributed by atoms with Crippen LogP contribution >= 0.6 is 0 Å². The third kappa shape index (κ3) is 8.62. The van der Waals surface area contributed by atoms with Gasteiger partial charge in [-0.3, -0.25) is 33.4 Å². The van der Waals surface area contributed by atoms with E-state index in [2.05, 4.69) is 20.8 Å². The molecule has 0 atom stereocenters. The quantitative estimate of drug-likeness (QED) is 0.0772. The molecule has 2 aromatic carbocycles. The fourth-order valence-electron chi connectivity index (χ4n) is 4.68. The van der Waals surface area contributed by atoms with Gasteiger partial charge < -0.3 is 20.8 Å². The topological polar surface area (TPSA) is 278 Å². The molecule has 18 nitrogen and oxygen atoms in total. The van der Waals surface area contributed by atoms with Crippen LogP contribution in [0.5, 0.6) is 0 Å². The minimum Gasteiger partial charge on any atom is -0.395 e.